The van der Waals surface area contributed by atoms with E-state index in [9.17, 15) is 12.3 Å². The van der Waals surface area contributed by atoms with Gasteiger partial charge in [-0.25, -0.2) is 0 Å². The van der Waals surface area contributed by atoms with Gasteiger partial charge in [0.1, 0.15) is 5.75 Å². The average Bonchev–Trinajstić information content (AvgIpc) is 2.14. The normalized spacial score (nSPS) is 11.4. The van der Waals surface area contributed by atoms with Gasteiger partial charge in [0.25, 0.3) is 0 Å². The van der Waals surface area contributed by atoms with Crippen LogP contribution in [-0.4, -0.2) is 21.3 Å². The average molecular weight is 232 g/mol. The van der Waals surface area contributed by atoms with Gasteiger partial charge in [-0.2, -0.15) is 8.42 Å². The van der Waals surface area contributed by atoms with Crippen molar-refractivity contribution in [1.29, 1.82) is 0 Å². The molecular weight excluding hydrogens is 219 g/mol. The van der Waals surface area contributed by atoms with Gasteiger partial charge in [-0.3, -0.25) is 0 Å². The van der Waals surface area contributed by atoms with E-state index in [2.05, 4.69) is 0 Å². The van der Waals surface area contributed by atoms with Gasteiger partial charge >= 0.3 is 10.2 Å². The predicted octanol–water partition coefficient (Wildman–Crippen LogP) is 1.85. The Kier molecular flexibility index (Phi) is 3.68. The summed E-state index contributed by atoms with van der Waals surface area (Å²) in [6.07, 6.45) is 0.189. The molecule has 0 atom stereocenters. The van der Waals surface area contributed by atoms with Crippen LogP contribution in [0.5, 0.6) is 5.75 Å². The van der Waals surface area contributed by atoms with E-state index in [0.29, 0.717) is 5.75 Å². The van der Waals surface area contributed by atoms with E-state index < -0.39 is 16.0 Å². The lowest BCUT2D eigenvalue weighted by molar-refractivity contribution is 0.414. The third-order valence-electron chi connectivity index (χ3n) is 2.16. The highest BCUT2D eigenvalue weighted by atomic mass is 32.3. The standard InChI is InChI=1S/C10H13FO3S/c1-8-7-10(14-2)4-3-9(8)5-6-15(11,12)13/h3-4,7H,5-6H2,1-2H3. The summed E-state index contributed by atoms with van der Waals surface area (Å²) in [7, 11) is -2.83. The first kappa shape index (κ1) is 12.0. The molecule has 0 aliphatic heterocycles. The van der Waals surface area contributed by atoms with Crippen LogP contribution in [0.15, 0.2) is 18.2 Å². The van der Waals surface area contributed by atoms with Crippen molar-refractivity contribution < 1.29 is 17.0 Å². The third kappa shape index (κ3) is 3.87. The second kappa shape index (κ2) is 4.61. The van der Waals surface area contributed by atoms with Crippen LogP contribution in [0.4, 0.5) is 3.89 Å². The molecule has 15 heavy (non-hydrogen) atoms. The zero-order valence-electron chi connectivity index (χ0n) is 8.66. The fraction of sp³-hybridized carbons (Fsp3) is 0.400. The minimum atomic E-state index is -4.39. The molecule has 0 fully saturated rings. The van der Waals surface area contributed by atoms with E-state index in [4.69, 9.17) is 4.74 Å². The summed E-state index contributed by atoms with van der Waals surface area (Å²) < 4.78 is 38.0. The maximum absolute atomic E-state index is 12.3. The van der Waals surface area contributed by atoms with Gasteiger partial charge in [-0.05, 0) is 36.6 Å². The second-order valence-corrected chi connectivity index (χ2v) is 4.77. The lowest BCUT2D eigenvalue weighted by Gasteiger charge is -2.06. The zero-order valence-corrected chi connectivity index (χ0v) is 9.47. The molecule has 0 radical (unpaired) electrons. The second-order valence-electron chi connectivity index (χ2n) is 3.29. The number of aryl methyl sites for hydroxylation is 2. The summed E-state index contributed by atoms with van der Waals surface area (Å²) in [5.74, 6) is 0.236. The minimum absolute atomic E-state index is 0.189. The van der Waals surface area contributed by atoms with Crippen molar-refractivity contribution in [1.82, 2.24) is 0 Å². The maximum atomic E-state index is 12.3. The highest BCUT2D eigenvalue weighted by Gasteiger charge is 2.09. The van der Waals surface area contributed by atoms with Crippen LogP contribution in [0.3, 0.4) is 0 Å². The Bertz CT molecular complexity index is 440. The highest BCUT2D eigenvalue weighted by Crippen LogP contribution is 2.17. The Hall–Kier alpha value is -1.10. The van der Waals surface area contributed by atoms with Gasteiger partial charge in [-0.15, -0.1) is 3.89 Å². The molecule has 1 aromatic carbocycles. The number of hydrogen-bond acceptors (Lipinski definition) is 3. The summed E-state index contributed by atoms with van der Waals surface area (Å²) >= 11 is 0. The molecule has 0 saturated heterocycles. The van der Waals surface area contributed by atoms with Crippen molar-refractivity contribution in [3.05, 3.63) is 29.3 Å². The Morgan fingerprint density at radius 2 is 2.07 bits per heavy atom. The van der Waals surface area contributed by atoms with E-state index in [1.54, 1.807) is 25.3 Å². The molecule has 0 N–H and O–H groups in total. The number of rotatable bonds is 4. The number of halogens is 1. The van der Waals surface area contributed by atoms with Crippen molar-refractivity contribution >= 4 is 10.2 Å². The molecule has 0 unspecified atom stereocenters. The van der Waals surface area contributed by atoms with Gasteiger partial charge in [0, 0.05) is 0 Å². The molecule has 1 aromatic rings. The van der Waals surface area contributed by atoms with E-state index in [1.165, 1.54) is 0 Å². The van der Waals surface area contributed by atoms with Gasteiger partial charge in [0.15, 0.2) is 0 Å². The van der Waals surface area contributed by atoms with E-state index >= 15 is 0 Å². The summed E-state index contributed by atoms with van der Waals surface area (Å²) in [5, 5.41) is 0. The molecule has 0 heterocycles. The minimum Gasteiger partial charge on any atom is -0.497 e. The molecule has 0 aromatic heterocycles. The largest absolute Gasteiger partial charge is 0.497 e. The SMILES string of the molecule is COc1ccc(CCS(=O)(=O)F)c(C)c1. The van der Waals surface area contributed by atoms with Gasteiger partial charge in [-0.1, -0.05) is 6.07 Å². The molecule has 0 aliphatic carbocycles. The predicted molar refractivity (Wildman–Crippen MR) is 56.3 cm³/mol. The summed E-state index contributed by atoms with van der Waals surface area (Å²) in [4.78, 5) is 0. The highest BCUT2D eigenvalue weighted by molar-refractivity contribution is 7.86. The molecule has 1 rings (SSSR count). The number of ether oxygens (including phenoxy) is 1. The molecule has 0 bridgehead atoms. The van der Waals surface area contributed by atoms with Crippen molar-refractivity contribution in [2.45, 2.75) is 13.3 Å². The zero-order chi connectivity index (χ0) is 11.5. The van der Waals surface area contributed by atoms with Crippen molar-refractivity contribution in [2.75, 3.05) is 12.9 Å². The van der Waals surface area contributed by atoms with Gasteiger partial charge < -0.3 is 4.74 Å². The summed E-state index contributed by atoms with van der Waals surface area (Å²) in [6.45, 7) is 1.84. The number of hydrogen-bond donors (Lipinski definition) is 0. The summed E-state index contributed by atoms with van der Waals surface area (Å²) in [5.41, 5.74) is 1.72. The smallest absolute Gasteiger partial charge is 0.302 e. The lowest BCUT2D eigenvalue weighted by atomic mass is 10.1. The van der Waals surface area contributed by atoms with Crippen LogP contribution < -0.4 is 4.74 Å². The number of benzene rings is 1. The Labute approximate surface area is 89.1 Å². The van der Waals surface area contributed by atoms with Crippen LogP contribution >= 0.6 is 0 Å². The Morgan fingerprint density at radius 1 is 1.40 bits per heavy atom. The van der Waals surface area contributed by atoms with Crippen molar-refractivity contribution in [3.8, 4) is 5.75 Å². The van der Waals surface area contributed by atoms with Crippen LogP contribution in [0.1, 0.15) is 11.1 Å². The Balaban J connectivity index is 2.79. The molecule has 3 nitrogen and oxygen atoms in total. The fourth-order valence-electron chi connectivity index (χ4n) is 1.31. The van der Waals surface area contributed by atoms with E-state index in [1.807, 2.05) is 6.92 Å². The monoisotopic (exact) mass is 232 g/mol. The van der Waals surface area contributed by atoms with Gasteiger partial charge in [0.05, 0.1) is 12.9 Å². The first-order valence-corrected chi connectivity index (χ1v) is 6.03. The molecule has 84 valence electrons. The topological polar surface area (TPSA) is 43.4 Å². The molecule has 0 amide bonds. The summed E-state index contributed by atoms with van der Waals surface area (Å²) in [6, 6.07) is 5.27. The third-order valence-corrected chi connectivity index (χ3v) is 2.86. The van der Waals surface area contributed by atoms with Crippen molar-refractivity contribution in [2.24, 2.45) is 0 Å². The molecule has 5 heteroatoms. The van der Waals surface area contributed by atoms with E-state index in [-0.39, 0.29) is 6.42 Å². The first-order chi connectivity index (χ1) is 6.92. The quantitative estimate of drug-likeness (QED) is 0.744. The molecule has 0 spiro atoms. The van der Waals surface area contributed by atoms with Crippen LogP contribution in [0, 0.1) is 6.92 Å². The van der Waals surface area contributed by atoms with Gasteiger partial charge in [0.2, 0.25) is 0 Å². The number of methoxy groups -OCH3 is 1. The lowest BCUT2D eigenvalue weighted by Crippen LogP contribution is -2.03. The fourth-order valence-corrected chi connectivity index (χ4v) is 1.77. The molecular formula is C10H13FO3S. The van der Waals surface area contributed by atoms with Crippen LogP contribution in [-0.2, 0) is 16.6 Å². The molecule has 0 aliphatic rings. The van der Waals surface area contributed by atoms with Crippen molar-refractivity contribution in [3.63, 3.8) is 0 Å². The molecule has 0 saturated carbocycles. The van der Waals surface area contributed by atoms with E-state index in [0.717, 1.165) is 11.1 Å². The first-order valence-electron chi connectivity index (χ1n) is 4.48. The maximum Gasteiger partial charge on any atom is 0.302 e. The van der Waals surface area contributed by atoms with Crippen LogP contribution in [0.2, 0.25) is 0 Å². The van der Waals surface area contributed by atoms with Crippen LogP contribution in [0.25, 0.3) is 0 Å². The Morgan fingerprint density at radius 3 is 2.53 bits per heavy atom.